The average Bonchev–Trinajstić information content (AvgIpc) is 2.89. The number of para-hydroxylation sites is 1. The van der Waals surface area contributed by atoms with Gasteiger partial charge >= 0.3 is 0 Å². The number of ether oxygens (including phenoxy) is 1. The summed E-state index contributed by atoms with van der Waals surface area (Å²) in [6.07, 6.45) is 6.88. The van der Waals surface area contributed by atoms with Crippen LogP contribution < -0.4 is 4.74 Å². The minimum Gasteiger partial charge on any atom is -0.489 e. The van der Waals surface area contributed by atoms with Crippen LogP contribution in [-0.2, 0) is 20.9 Å². The fraction of sp³-hybridized carbons (Fsp3) is 0.621. The smallest absolute Gasteiger partial charge is 0.242 e. The standard InChI is InChI=1S/C29H43N3O4/c1-5-22(6-2)29(35)32-20-25-12-9-10-14-26(25)36-17-11-13-24-19-31(28(34)21-32)16-15-23(24)18-27(33)30(7-3)8-4/h9-14,22-24H,5-8,15-21H2,1-4H3/b13-11-/t23-,24-/m0/s1. The fourth-order valence-corrected chi connectivity index (χ4v) is 5.38. The highest BCUT2D eigenvalue weighted by Crippen LogP contribution is 2.30. The second-order valence-electron chi connectivity index (χ2n) is 9.88. The van der Waals surface area contributed by atoms with Gasteiger partial charge in [0.1, 0.15) is 18.9 Å². The van der Waals surface area contributed by atoms with Crippen LogP contribution in [0.3, 0.4) is 0 Å². The molecule has 2 bridgehead atoms. The van der Waals surface area contributed by atoms with E-state index < -0.39 is 0 Å². The van der Waals surface area contributed by atoms with E-state index in [1.165, 1.54) is 0 Å². The second-order valence-corrected chi connectivity index (χ2v) is 9.88. The summed E-state index contributed by atoms with van der Waals surface area (Å²) in [5, 5.41) is 0. The topological polar surface area (TPSA) is 70.2 Å². The maximum absolute atomic E-state index is 13.5. The molecule has 1 saturated heterocycles. The van der Waals surface area contributed by atoms with Crippen molar-refractivity contribution in [3.63, 3.8) is 0 Å². The maximum atomic E-state index is 13.5. The maximum Gasteiger partial charge on any atom is 0.242 e. The number of piperidine rings is 1. The number of carbonyl (C=O) groups is 3. The Balaban J connectivity index is 1.87. The Kier molecular flexibility index (Phi) is 10.4. The van der Waals surface area contributed by atoms with E-state index in [9.17, 15) is 14.4 Å². The number of benzene rings is 1. The number of carbonyl (C=O) groups excluding carboxylic acids is 3. The summed E-state index contributed by atoms with van der Waals surface area (Å²) in [7, 11) is 0. The second kappa shape index (κ2) is 13.5. The molecule has 2 aliphatic heterocycles. The van der Waals surface area contributed by atoms with Gasteiger partial charge in [0.25, 0.3) is 0 Å². The number of rotatable bonds is 7. The molecule has 1 aromatic carbocycles. The van der Waals surface area contributed by atoms with Crippen molar-refractivity contribution in [2.75, 3.05) is 39.3 Å². The van der Waals surface area contributed by atoms with Crippen LogP contribution in [0.2, 0.25) is 0 Å². The van der Waals surface area contributed by atoms with Crippen LogP contribution in [0.4, 0.5) is 0 Å². The predicted molar refractivity (Wildman–Crippen MR) is 141 cm³/mol. The van der Waals surface area contributed by atoms with Crippen LogP contribution in [0.5, 0.6) is 5.75 Å². The largest absolute Gasteiger partial charge is 0.489 e. The Morgan fingerprint density at radius 3 is 2.50 bits per heavy atom. The molecule has 0 radical (unpaired) electrons. The van der Waals surface area contributed by atoms with Crippen LogP contribution in [-0.4, -0.2) is 71.8 Å². The summed E-state index contributed by atoms with van der Waals surface area (Å²) in [6.45, 7) is 11.4. The highest BCUT2D eigenvalue weighted by Gasteiger charge is 2.34. The molecule has 36 heavy (non-hydrogen) atoms. The molecule has 0 saturated carbocycles. The molecule has 0 unspecified atom stereocenters. The Morgan fingerprint density at radius 1 is 1.08 bits per heavy atom. The highest BCUT2D eigenvalue weighted by atomic mass is 16.5. The number of fused-ring (bicyclic) bond motifs is 3. The van der Waals surface area contributed by atoms with Crippen molar-refractivity contribution >= 4 is 17.7 Å². The first-order valence-corrected chi connectivity index (χ1v) is 13.6. The van der Waals surface area contributed by atoms with Crippen molar-refractivity contribution < 1.29 is 19.1 Å². The van der Waals surface area contributed by atoms with Crippen molar-refractivity contribution in [1.82, 2.24) is 14.7 Å². The molecule has 1 aromatic rings. The van der Waals surface area contributed by atoms with Crippen molar-refractivity contribution in [3.8, 4) is 5.75 Å². The van der Waals surface area contributed by atoms with Gasteiger partial charge in [0.05, 0.1) is 0 Å². The van der Waals surface area contributed by atoms with Crippen LogP contribution >= 0.6 is 0 Å². The van der Waals surface area contributed by atoms with Crippen LogP contribution in [0.15, 0.2) is 36.4 Å². The van der Waals surface area contributed by atoms with Gasteiger partial charge in [0.2, 0.25) is 17.7 Å². The molecular formula is C29H43N3O4. The van der Waals surface area contributed by atoms with Crippen molar-refractivity contribution in [1.29, 1.82) is 0 Å². The lowest BCUT2D eigenvalue weighted by Crippen LogP contribution is -2.49. The van der Waals surface area contributed by atoms with Gasteiger partial charge in [-0.25, -0.2) is 0 Å². The lowest BCUT2D eigenvalue weighted by Gasteiger charge is -2.39. The first kappa shape index (κ1) is 27.8. The van der Waals surface area contributed by atoms with Gasteiger partial charge in [-0.05, 0) is 51.0 Å². The van der Waals surface area contributed by atoms with E-state index in [0.29, 0.717) is 45.8 Å². The molecule has 0 aliphatic carbocycles. The van der Waals surface area contributed by atoms with Gasteiger partial charge in [-0.2, -0.15) is 0 Å². The summed E-state index contributed by atoms with van der Waals surface area (Å²) in [5.41, 5.74) is 0.901. The molecule has 3 rings (SSSR count). The molecule has 2 aliphatic rings. The van der Waals surface area contributed by atoms with Crippen LogP contribution in [0.25, 0.3) is 0 Å². The Labute approximate surface area is 216 Å². The number of amides is 3. The minimum atomic E-state index is -0.104. The van der Waals surface area contributed by atoms with Gasteiger partial charge in [-0.3, -0.25) is 14.4 Å². The van der Waals surface area contributed by atoms with Gasteiger partial charge < -0.3 is 19.4 Å². The zero-order valence-electron chi connectivity index (χ0n) is 22.4. The fourth-order valence-electron chi connectivity index (χ4n) is 5.38. The molecule has 198 valence electrons. The number of hydrogen-bond acceptors (Lipinski definition) is 4. The van der Waals surface area contributed by atoms with E-state index in [4.69, 9.17) is 4.74 Å². The van der Waals surface area contributed by atoms with Gasteiger partial charge in [0.15, 0.2) is 0 Å². The predicted octanol–water partition coefficient (Wildman–Crippen LogP) is 4.12. The Bertz CT molecular complexity index is 923. The zero-order valence-corrected chi connectivity index (χ0v) is 22.4. The molecular weight excluding hydrogens is 454 g/mol. The average molecular weight is 498 g/mol. The molecule has 2 heterocycles. The third-order valence-corrected chi connectivity index (χ3v) is 7.74. The molecule has 2 atom stereocenters. The van der Waals surface area contributed by atoms with E-state index in [1.54, 1.807) is 4.90 Å². The third-order valence-electron chi connectivity index (χ3n) is 7.74. The molecule has 0 aromatic heterocycles. The molecule has 0 spiro atoms. The molecule has 0 N–H and O–H groups in total. The summed E-state index contributed by atoms with van der Waals surface area (Å²) < 4.78 is 6.10. The van der Waals surface area contributed by atoms with E-state index in [-0.39, 0.29) is 42.0 Å². The quantitative estimate of drug-likeness (QED) is 0.532. The van der Waals surface area contributed by atoms with E-state index in [0.717, 1.165) is 30.6 Å². The van der Waals surface area contributed by atoms with Gasteiger partial charge in [0, 0.05) is 50.6 Å². The lowest BCUT2D eigenvalue weighted by molar-refractivity contribution is -0.145. The van der Waals surface area contributed by atoms with Gasteiger partial charge in [-0.15, -0.1) is 0 Å². The van der Waals surface area contributed by atoms with E-state index in [2.05, 4.69) is 6.08 Å². The first-order valence-electron chi connectivity index (χ1n) is 13.6. The summed E-state index contributed by atoms with van der Waals surface area (Å²) >= 11 is 0. The number of hydrogen-bond donors (Lipinski definition) is 0. The molecule has 7 nitrogen and oxygen atoms in total. The molecule has 3 amide bonds. The Hall–Kier alpha value is -2.83. The normalized spacial score (nSPS) is 21.5. The summed E-state index contributed by atoms with van der Waals surface area (Å²) in [5.74, 6) is 1.04. The van der Waals surface area contributed by atoms with E-state index >= 15 is 0 Å². The molecule has 1 fully saturated rings. The SMILES string of the molecule is CCC(CC)C(=O)N1CC(=O)N2CC[C@@H](CC(=O)N(CC)CC)[C@@H](/C=C\COc3ccccc3C1)C2. The van der Waals surface area contributed by atoms with Gasteiger partial charge in [-0.1, -0.05) is 44.2 Å². The Morgan fingerprint density at radius 2 is 1.81 bits per heavy atom. The molecule has 7 heteroatoms. The third kappa shape index (κ3) is 6.89. The minimum absolute atomic E-state index is 0.0207. The highest BCUT2D eigenvalue weighted by molar-refractivity contribution is 5.86. The van der Waals surface area contributed by atoms with Crippen molar-refractivity contribution in [2.45, 2.75) is 59.9 Å². The first-order chi connectivity index (χ1) is 17.4. The number of nitrogens with zero attached hydrogens (tertiary/aromatic N) is 3. The zero-order chi connectivity index (χ0) is 26.1. The van der Waals surface area contributed by atoms with Crippen molar-refractivity contribution in [2.24, 2.45) is 17.8 Å². The van der Waals surface area contributed by atoms with Crippen molar-refractivity contribution in [3.05, 3.63) is 42.0 Å². The summed E-state index contributed by atoms with van der Waals surface area (Å²) in [6, 6.07) is 7.74. The van der Waals surface area contributed by atoms with Crippen LogP contribution in [0, 0.1) is 17.8 Å². The summed E-state index contributed by atoms with van der Waals surface area (Å²) in [4.78, 5) is 45.2. The monoisotopic (exact) mass is 497 g/mol. The van der Waals surface area contributed by atoms with Crippen LogP contribution in [0.1, 0.15) is 58.9 Å². The lowest BCUT2D eigenvalue weighted by atomic mass is 9.82. The van der Waals surface area contributed by atoms with E-state index in [1.807, 2.05) is 67.8 Å².